The third-order valence-corrected chi connectivity index (χ3v) is 3.67. The van der Waals surface area contributed by atoms with Crippen molar-refractivity contribution in [3.8, 4) is 5.69 Å². The molecule has 0 unspecified atom stereocenters. The Morgan fingerprint density at radius 1 is 0.947 bits per heavy atom. The molecule has 2 heteroatoms. The number of benzene rings is 1. The number of imidazole rings is 1. The minimum atomic E-state index is 1.22. The van der Waals surface area contributed by atoms with E-state index in [4.69, 9.17) is 0 Å². The van der Waals surface area contributed by atoms with Crippen LogP contribution in [-0.4, -0.2) is 4.40 Å². The van der Waals surface area contributed by atoms with Gasteiger partial charge in [0.05, 0.1) is 0 Å². The van der Waals surface area contributed by atoms with Crippen molar-refractivity contribution in [2.45, 2.75) is 27.7 Å². The molecule has 19 heavy (non-hydrogen) atoms. The van der Waals surface area contributed by atoms with Crippen LogP contribution >= 0.6 is 0 Å². The van der Waals surface area contributed by atoms with E-state index in [1.165, 1.54) is 33.6 Å². The highest BCUT2D eigenvalue weighted by atomic mass is 15.1. The van der Waals surface area contributed by atoms with Gasteiger partial charge in [0.1, 0.15) is 17.6 Å². The van der Waals surface area contributed by atoms with Crippen LogP contribution in [0.4, 0.5) is 0 Å². The third kappa shape index (κ3) is 1.93. The van der Waals surface area contributed by atoms with Crippen molar-refractivity contribution in [1.82, 2.24) is 4.40 Å². The molecule has 1 aromatic carbocycles. The van der Waals surface area contributed by atoms with E-state index in [1.54, 1.807) is 0 Å². The zero-order valence-corrected chi connectivity index (χ0v) is 11.9. The number of fused-ring (bicyclic) bond motifs is 1. The summed E-state index contributed by atoms with van der Waals surface area (Å²) < 4.78 is 4.45. The van der Waals surface area contributed by atoms with Crippen LogP contribution in [0.2, 0.25) is 0 Å². The third-order valence-electron chi connectivity index (χ3n) is 3.67. The summed E-state index contributed by atoms with van der Waals surface area (Å²) in [6.07, 6.45) is 4.35. The fraction of sp³-hybridized carbons (Fsp3) is 0.235. The Bertz CT molecular complexity index is 743. The summed E-state index contributed by atoms with van der Waals surface area (Å²) in [5.74, 6) is 0. The second-order valence-electron chi connectivity index (χ2n) is 5.36. The summed E-state index contributed by atoms with van der Waals surface area (Å²) >= 11 is 0. The average molecular weight is 251 g/mol. The van der Waals surface area contributed by atoms with Crippen molar-refractivity contribution in [1.29, 1.82) is 0 Å². The molecule has 0 saturated carbocycles. The van der Waals surface area contributed by atoms with Gasteiger partial charge in [0, 0.05) is 0 Å². The van der Waals surface area contributed by atoms with Crippen LogP contribution in [0, 0.1) is 27.7 Å². The fourth-order valence-corrected chi connectivity index (χ4v) is 2.92. The molecule has 0 spiro atoms. The fourth-order valence-electron chi connectivity index (χ4n) is 2.92. The van der Waals surface area contributed by atoms with Crippen molar-refractivity contribution in [3.63, 3.8) is 0 Å². The summed E-state index contributed by atoms with van der Waals surface area (Å²) in [5, 5.41) is 0. The molecule has 3 aromatic rings. The normalized spacial score (nSPS) is 11.2. The number of hydrogen-bond donors (Lipinski definition) is 0. The molecule has 0 aliphatic rings. The van der Waals surface area contributed by atoms with Gasteiger partial charge in [-0.05, 0) is 51.0 Å². The molecule has 2 heterocycles. The van der Waals surface area contributed by atoms with Gasteiger partial charge in [-0.2, -0.15) is 4.40 Å². The molecule has 0 atom stereocenters. The van der Waals surface area contributed by atoms with Gasteiger partial charge in [0.25, 0.3) is 6.33 Å². The molecule has 0 amide bonds. The van der Waals surface area contributed by atoms with E-state index >= 15 is 0 Å². The van der Waals surface area contributed by atoms with E-state index in [0.29, 0.717) is 0 Å². The molecule has 3 rings (SSSR count). The molecule has 0 aliphatic heterocycles. The van der Waals surface area contributed by atoms with Crippen molar-refractivity contribution >= 4 is 5.52 Å². The topological polar surface area (TPSA) is 8.29 Å². The molecular weight excluding hydrogens is 232 g/mol. The van der Waals surface area contributed by atoms with E-state index in [-0.39, 0.29) is 0 Å². The number of aromatic nitrogens is 2. The highest BCUT2D eigenvalue weighted by molar-refractivity contribution is 5.47. The number of rotatable bonds is 1. The van der Waals surface area contributed by atoms with Gasteiger partial charge in [-0.25, -0.2) is 4.57 Å². The lowest BCUT2D eigenvalue weighted by Gasteiger charge is -2.06. The lowest BCUT2D eigenvalue weighted by Crippen LogP contribution is -2.29. The number of pyridine rings is 1. The molecule has 0 aliphatic carbocycles. The van der Waals surface area contributed by atoms with E-state index in [9.17, 15) is 0 Å². The second kappa shape index (κ2) is 4.23. The van der Waals surface area contributed by atoms with Crippen LogP contribution in [0.3, 0.4) is 0 Å². The Kier molecular flexibility index (Phi) is 2.67. The van der Waals surface area contributed by atoms with Gasteiger partial charge in [-0.1, -0.05) is 23.8 Å². The van der Waals surface area contributed by atoms with Gasteiger partial charge in [-0.3, -0.25) is 0 Å². The maximum absolute atomic E-state index is 2.24. The van der Waals surface area contributed by atoms with Crippen LogP contribution in [0.1, 0.15) is 22.4 Å². The van der Waals surface area contributed by atoms with E-state index < -0.39 is 0 Å². The van der Waals surface area contributed by atoms with Gasteiger partial charge >= 0.3 is 0 Å². The largest absolute Gasteiger partial charge is 0.254 e. The summed E-state index contributed by atoms with van der Waals surface area (Å²) in [5.41, 5.74) is 7.71. The van der Waals surface area contributed by atoms with Crippen LogP contribution < -0.4 is 4.57 Å². The first kappa shape index (κ1) is 12.0. The molecular formula is C17H19N2+. The Balaban J connectivity index is 2.28. The molecule has 0 saturated heterocycles. The van der Waals surface area contributed by atoms with Crippen molar-refractivity contribution < 1.29 is 4.57 Å². The molecule has 0 radical (unpaired) electrons. The summed E-state index contributed by atoms with van der Waals surface area (Å²) in [7, 11) is 0. The minimum Gasteiger partial charge on any atom is -0.201 e. The van der Waals surface area contributed by atoms with Crippen molar-refractivity contribution in [3.05, 3.63) is 65.2 Å². The first-order chi connectivity index (χ1) is 9.06. The minimum absolute atomic E-state index is 1.22. The van der Waals surface area contributed by atoms with E-state index in [0.717, 1.165) is 0 Å². The smallest absolute Gasteiger partial charge is 0.201 e. The highest BCUT2D eigenvalue weighted by Gasteiger charge is 2.14. The molecule has 96 valence electrons. The number of hydrogen-bond acceptors (Lipinski definition) is 0. The maximum Gasteiger partial charge on any atom is 0.254 e. The van der Waals surface area contributed by atoms with E-state index in [1.807, 2.05) is 0 Å². The van der Waals surface area contributed by atoms with Gasteiger partial charge in [0.2, 0.25) is 0 Å². The van der Waals surface area contributed by atoms with Crippen molar-refractivity contribution in [2.24, 2.45) is 0 Å². The highest BCUT2D eigenvalue weighted by Crippen LogP contribution is 2.17. The predicted octanol–water partition coefficient (Wildman–Crippen LogP) is 3.45. The Morgan fingerprint density at radius 2 is 1.63 bits per heavy atom. The van der Waals surface area contributed by atoms with Crippen molar-refractivity contribution in [2.75, 3.05) is 0 Å². The first-order valence-electron chi connectivity index (χ1n) is 6.63. The molecule has 2 aromatic heterocycles. The summed E-state index contributed by atoms with van der Waals surface area (Å²) in [4.78, 5) is 0. The second-order valence-corrected chi connectivity index (χ2v) is 5.36. The lowest BCUT2D eigenvalue weighted by atomic mass is 10.1. The van der Waals surface area contributed by atoms with E-state index in [2.05, 4.69) is 79.5 Å². The molecule has 0 N–H and O–H groups in total. The van der Waals surface area contributed by atoms with Crippen LogP contribution in [0.5, 0.6) is 0 Å². The lowest BCUT2D eigenvalue weighted by molar-refractivity contribution is -0.594. The van der Waals surface area contributed by atoms with Gasteiger partial charge < -0.3 is 0 Å². The zero-order valence-electron chi connectivity index (χ0n) is 11.9. The Morgan fingerprint density at radius 3 is 2.26 bits per heavy atom. The average Bonchev–Trinajstić information content (AvgIpc) is 2.72. The Hall–Kier alpha value is -2.09. The summed E-state index contributed by atoms with van der Waals surface area (Å²) in [6.45, 7) is 8.64. The van der Waals surface area contributed by atoms with Crippen LogP contribution in [0.25, 0.3) is 11.2 Å². The number of aryl methyl sites for hydroxylation is 4. The SMILES string of the molecule is Cc1cc(C)c(-[n+]2cc3cccc(C)n3c2)c(C)c1. The van der Waals surface area contributed by atoms with Gasteiger partial charge in [0.15, 0.2) is 5.52 Å². The zero-order chi connectivity index (χ0) is 13.6. The van der Waals surface area contributed by atoms with Crippen LogP contribution in [0.15, 0.2) is 42.9 Å². The molecule has 0 fully saturated rings. The number of nitrogens with zero attached hydrogens (tertiary/aromatic N) is 2. The summed E-state index contributed by atoms with van der Waals surface area (Å²) in [6, 6.07) is 10.9. The standard InChI is InChI=1S/C17H19N2/c1-12-8-13(2)17(14(3)9-12)18-10-16-7-5-6-15(4)19(16)11-18/h5-11H,1-4H3/q+1. The quantitative estimate of drug-likeness (QED) is 0.585. The van der Waals surface area contributed by atoms with Gasteiger partial charge in [-0.15, -0.1) is 0 Å². The predicted molar refractivity (Wildman–Crippen MR) is 77.9 cm³/mol. The molecule has 0 bridgehead atoms. The maximum atomic E-state index is 2.24. The Labute approximate surface area is 113 Å². The van der Waals surface area contributed by atoms with Crippen LogP contribution in [-0.2, 0) is 0 Å². The molecule has 2 nitrogen and oxygen atoms in total. The first-order valence-corrected chi connectivity index (χ1v) is 6.63. The monoisotopic (exact) mass is 251 g/mol.